The summed E-state index contributed by atoms with van der Waals surface area (Å²) in [5, 5.41) is 3.26. The lowest BCUT2D eigenvalue weighted by Crippen LogP contribution is -2.43. The van der Waals surface area contributed by atoms with E-state index in [1.807, 2.05) is 6.07 Å². The molecule has 140 valence electrons. The predicted octanol–water partition coefficient (Wildman–Crippen LogP) is 2.65. The van der Waals surface area contributed by atoms with Crippen LogP contribution >= 0.6 is 0 Å². The van der Waals surface area contributed by atoms with Gasteiger partial charge in [0.1, 0.15) is 5.82 Å². The van der Waals surface area contributed by atoms with E-state index < -0.39 is 0 Å². The summed E-state index contributed by atoms with van der Waals surface area (Å²) in [6.45, 7) is 3.99. The number of hydrogen-bond donors (Lipinski definition) is 4. The largest absolute Gasteiger partial charge is 0.397 e. The fraction of sp³-hybridized carbons (Fsp3) is 0.474. The van der Waals surface area contributed by atoms with E-state index in [1.54, 1.807) is 12.1 Å². The van der Waals surface area contributed by atoms with Gasteiger partial charge in [-0.15, -0.1) is 0 Å². The van der Waals surface area contributed by atoms with Crippen molar-refractivity contribution in [3.05, 3.63) is 30.0 Å². The lowest BCUT2D eigenvalue weighted by molar-refractivity contribution is 0.503. The highest BCUT2D eigenvalue weighted by Gasteiger charge is 2.19. The van der Waals surface area contributed by atoms with Gasteiger partial charge in [0.15, 0.2) is 0 Å². The molecule has 1 aromatic heterocycles. The number of hydrogen-bond acceptors (Lipinski definition) is 7. The first-order chi connectivity index (χ1) is 12.5. The summed E-state index contributed by atoms with van der Waals surface area (Å²) < 4.78 is 0. The molecule has 2 aromatic rings. The van der Waals surface area contributed by atoms with Crippen molar-refractivity contribution in [1.29, 1.82) is 0 Å². The number of nitrogens with one attached hydrogen (secondary N) is 1. The van der Waals surface area contributed by atoms with Crippen LogP contribution < -0.4 is 27.4 Å². The summed E-state index contributed by atoms with van der Waals surface area (Å²) in [5.74, 6) is 1.52. The molecule has 7 heteroatoms. The molecule has 0 amide bonds. The Morgan fingerprint density at radius 3 is 2.77 bits per heavy atom. The lowest BCUT2D eigenvalue weighted by Gasteiger charge is -2.32. The minimum Gasteiger partial charge on any atom is -0.397 e. The smallest absolute Gasteiger partial charge is 0.229 e. The number of aryl methyl sites for hydroxylation is 1. The Balaban J connectivity index is 1.87. The molecular formula is C19H29N7. The van der Waals surface area contributed by atoms with Crippen LogP contribution in [-0.4, -0.2) is 29.1 Å². The van der Waals surface area contributed by atoms with E-state index in [0.29, 0.717) is 17.3 Å². The Labute approximate surface area is 155 Å². The molecule has 0 spiro atoms. The predicted molar refractivity (Wildman–Crippen MR) is 109 cm³/mol. The van der Waals surface area contributed by atoms with Crippen molar-refractivity contribution >= 4 is 28.8 Å². The van der Waals surface area contributed by atoms with Gasteiger partial charge in [0, 0.05) is 36.6 Å². The summed E-state index contributed by atoms with van der Waals surface area (Å²) in [6, 6.07) is 7.75. The minimum atomic E-state index is 0.200. The number of anilines is 5. The highest BCUT2D eigenvalue weighted by molar-refractivity contribution is 5.71. The maximum atomic E-state index is 6.15. The first-order valence-corrected chi connectivity index (χ1v) is 9.35. The molecule has 1 saturated heterocycles. The van der Waals surface area contributed by atoms with Crippen LogP contribution in [0.15, 0.2) is 24.3 Å². The number of rotatable bonds is 6. The number of unbranched alkanes of at least 4 members (excludes halogenated alkanes) is 1. The van der Waals surface area contributed by atoms with Crippen molar-refractivity contribution < 1.29 is 0 Å². The lowest BCUT2D eigenvalue weighted by atomic mass is 10.1. The summed E-state index contributed by atoms with van der Waals surface area (Å²) in [6.07, 6.45) is 5.33. The maximum Gasteiger partial charge on any atom is 0.229 e. The average Bonchev–Trinajstić information content (AvgIpc) is 2.63. The van der Waals surface area contributed by atoms with Gasteiger partial charge < -0.3 is 27.4 Å². The molecule has 1 aromatic carbocycles. The number of benzene rings is 1. The maximum absolute atomic E-state index is 6.15. The Morgan fingerprint density at radius 1 is 1.19 bits per heavy atom. The number of aromatic nitrogens is 2. The molecule has 1 fully saturated rings. The summed E-state index contributed by atoms with van der Waals surface area (Å²) in [4.78, 5) is 11.7. The molecule has 26 heavy (non-hydrogen) atoms. The van der Waals surface area contributed by atoms with E-state index >= 15 is 0 Å². The SMILES string of the molecule is CCCCc1cc(N2CCCC(N)C2)nc(Nc2ccc(N)c(N)c2)n1. The Morgan fingerprint density at radius 2 is 2.04 bits per heavy atom. The highest BCUT2D eigenvalue weighted by Crippen LogP contribution is 2.25. The molecule has 1 aliphatic heterocycles. The van der Waals surface area contributed by atoms with Gasteiger partial charge in [-0.1, -0.05) is 13.3 Å². The standard InChI is InChI=1S/C19H29N7/c1-2-3-6-14-11-18(26-9-4-5-13(20)12-26)25-19(23-14)24-15-7-8-16(21)17(22)10-15/h7-8,10-11,13H,2-6,9,12,20-22H2,1H3,(H,23,24,25). The molecule has 0 saturated carbocycles. The summed E-state index contributed by atoms with van der Waals surface area (Å²) >= 11 is 0. The van der Waals surface area contributed by atoms with Gasteiger partial charge in [0.05, 0.1) is 11.4 Å². The molecule has 1 aliphatic rings. The molecule has 0 bridgehead atoms. The van der Waals surface area contributed by atoms with Crippen LogP contribution in [0.4, 0.5) is 28.8 Å². The summed E-state index contributed by atoms with van der Waals surface area (Å²) in [5.41, 5.74) is 20.8. The molecule has 0 aliphatic carbocycles. The topological polar surface area (TPSA) is 119 Å². The van der Waals surface area contributed by atoms with Gasteiger partial charge in [-0.25, -0.2) is 4.98 Å². The first-order valence-electron chi connectivity index (χ1n) is 9.35. The van der Waals surface area contributed by atoms with E-state index in [1.165, 1.54) is 0 Å². The minimum absolute atomic E-state index is 0.200. The molecular weight excluding hydrogens is 326 g/mol. The Kier molecular flexibility index (Phi) is 5.78. The zero-order valence-electron chi connectivity index (χ0n) is 15.4. The molecule has 1 atom stereocenters. The van der Waals surface area contributed by atoms with Crippen LogP contribution in [0.1, 0.15) is 38.3 Å². The van der Waals surface area contributed by atoms with E-state index in [0.717, 1.165) is 62.4 Å². The third-order valence-electron chi connectivity index (χ3n) is 4.68. The van der Waals surface area contributed by atoms with Crippen LogP contribution in [0.2, 0.25) is 0 Å². The number of nitrogen functional groups attached to an aromatic ring is 2. The fourth-order valence-electron chi connectivity index (χ4n) is 3.19. The van der Waals surface area contributed by atoms with Gasteiger partial charge in [-0.2, -0.15) is 4.98 Å². The van der Waals surface area contributed by atoms with Crippen LogP contribution in [0.5, 0.6) is 0 Å². The van der Waals surface area contributed by atoms with Crippen molar-refractivity contribution in [2.45, 2.75) is 45.1 Å². The molecule has 7 N–H and O–H groups in total. The molecule has 0 radical (unpaired) electrons. The van der Waals surface area contributed by atoms with E-state index in [2.05, 4.69) is 28.2 Å². The van der Waals surface area contributed by atoms with E-state index in [-0.39, 0.29) is 6.04 Å². The quantitative estimate of drug-likeness (QED) is 0.588. The van der Waals surface area contributed by atoms with Gasteiger partial charge in [0.25, 0.3) is 0 Å². The van der Waals surface area contributed by atoms with Crippen molar-refractivity contribution in [2.24, 2.45) is 5.73 Å². The Bertz CT molecular complexity index is 747. The third-order valence-corrected chi connectivity index (χ3v) is 4.68. The molecule has 7 nitrogen and oxygen atoms in total. The zero-order valence-corrected chi connectivity index (χ0v) is 15.4. The second kappa shape index (κ2) is 8.23. The third kappa shape index (κ3) is 4.54. The van der Waals surface area contributed by atoms with Crippen LogP contribution in [0, 0.1) is 0 Å². The van der Waals surface area contributed by atoms with E-state index in [9.17, 15) is 0 Å². The van der Waals surface area contributed by atoms with E-state index in [4.69, 9.17) is 22.2 Å². The van der Waals surface area contributed by atoms with Gasteiger partial charge in [-0.3, -0.25) is 0 Å². The van der Waals surface area contributed by atoms with Crippen LogP contribution in [-0.2, 0) is 6.42 Å². The zero-order chi connectivity index (χ0) is 18.5. The monoisotopic (exact) mass is 355 g/mol. The highest BCUT2D eigenvalue weighted by atomic mass is 15.2. The normalized spacial score (nSPS) is 17.3. The average molecular weight is 355 g/mol. The first kappa shape index (κ1) is 18.3. The van der Waals surface area contributed by atoms with Crippen molar-refractivity contribution in [1.82, 2.24) is 9.97 Å². The molecule has 2 heterocycles. The fourth-order valence-corrected chi connectivity index (χ4v) is 3.19. The van der Waals surface area contributed by atoms with Crippen LogP contribution in [0.3, 0.4) is 0 Å². The number of piperidine rings is 1. The summed E-state index contributed by atoms with van der Waals surface area (Å²) in [7, 11) is 0. The number of nitrogens with zero attached hydrogens (tertiary/aromatic N) is 3. The van der Waals surface area contributed by atoms with Crippen LogP contribution in [0.25, 0.3) is 0 Å². The van der Waals surface area contributed by atoms with Crippen molar-refractivity contribution in [3.63, 3.8) is 0 Å². The Hall–Kier alpha value is -2.54. The number of nitrogens with two attached hydrogens (primary N) is 3. The van der Waals surface area contributed by atoms with Gasteiger partial charge in [0.2, 0.25) is 5.95 Å². The molecule has 3 rings (SSSR count). The second-order valence-corrected chi connectivity index (χ2v) is 6.96. The van der Waals surface area contributed by atoms with Gasteiger partial charge >= 0.3 is 0 Å². The second-order valence-electron chi connectivity index (χ2n) is 6.96. The van der Waals surface area contributed by atoms with Gasteiger partial charge in [-0.05, 0) is 43.9 Å². The van der Waals surface area contributed by atoms with Crippen molar-refractivity contribution in [2.75, 3.05) is 34.8 Å². The molecule has 1 unspecified atom stereocenters. The van der Waals surface area contributed by atoms with Crippen molar-refractivity contribution in [3.8, 4) is 0 Å².